The highest BCUT2D eigenvalue weighted by atomic mass is 127. The summed E-state index contributed by atoms with van der Waals surface area (Å²) in [7, 11) is -1.92. The molecular formula is C13H29IO2Si. The molecule has 0 heterocycles. The number of alkyl halides is 1. The van der Waals surface area contributed by atoms with Crippen molar-refractivity contribution >= 4 is 31.2 Å². The lowest BCUT2D eigenvalue weighted by Gasteiger charge is -2.31. The fourth-order valence-corrected chi connectivity index (χ4v) is 5.76. The quantitative estimate of drug-likeness (QED) is 0.317. The lowest BCUT2D eigenvalue weighted by molar-refractivity contribution is 0.138. The third-order valence-electron chi connectivity index (χ3n) is 2.59. The van der Waals surface area contributed by atoms with Gasteiger partial charge in [0.25, 0.3) is 0 Å². The molecule has 0 unspecified atom stereocenters. The van der Waals surface area contributed by atoms with Gasteiger partial charge in [-0.05, 0) is 34.8 Å². The summed E-state index contributed by atoms with van der Waals surface area (Å²) < 4.78 is 13.6. The van der Waals surface area contributed by atoms with E-state index in [0.29, 0.717) is 11.8 Å². The van der Waals surface area contributed by atoms with Gasteiger partial charge < -0.3 is 8.85 Å². The minimum Gasteiger partial charge on any atom is -0.394 e. The van der Waals surface area contributed by atoms with Crippen LogP contribution in [0.2, 0.25) is 12.1 Å². The first-order valence-corrected chi connectivity index (χ1v) is 10.5. The van der Waals surface area contributed by atoms with Crippen LogP contribution in [0.15, 0.2) is 0 Å². The van der Waals surface area contributed by atoms with Gasteiger partial charge in [-0.1, -0.05) is 57.2 Å². The van der Waals surface area contributed by atoms with E-state index in [1.54, 1.807) is 0 Å². The molecule has 0 spiro atoms. The molecule has 0 saturated heterocycles. The highest BCUT2D eigenvalue weighted by Crippen LogP contribution is 2.23. The van der Waals surface area contributed by atoms with Crippen LogP contribution in [0.3, 0.4) is 0 Å². The smallest absolute Gasteiger partial charge is 0.337 e. The predicted octanol–water partition coefficient (Wildman–Crippen LogP) is 4.62. The molecule has 104 valence electrons. The molecule has 2 nitrogen and oxygen atoms in total. The van der Waals surface area contributed by atoms with Crippen molar-refractivity contribution in [2.45, 2.75) is 53.1 Å². The molecule has 0 aliphatic carbocycles. The lowest BCUT2D eigenvalue weighted by atomic mass is 10.2. The fraction of sp³-hybridized carbons (Fsp3) is 1.00. The van der Waals surface area contributed by atoms with Gasteiger partial charge in [0.15, 0.2) is 0 Å². The van der Waals surface area contributed by atoms with Crippen molar-refractivity contribution in [3.63, 3.8) is 0 Å². The third-order valence-corrected chi connectivity index (χ3v) is 6.93. The van der Waals surface area contributed by atoms with Crippen LogP contribution in [-0.4, -0.2) is 26.2 Å². The molecule has 0 aromatic rings. The van der Waals surface area contributed by atoms with Gasteiger partial charge in [-0.2, -0.15) is 0 Å². The SMILES string of the molecule is CC[Si](CCCI)(OCC(C)C)OCC(C)C. The number of hydrogen-bond acceptors (Lipinski definition) is 2. The van der Waals surface area contributed by atoms with E-state index in [9.17, 15) is 0 Å². The Morgan fingerprint density at radius 3 is 1.76 bits per heavy atom. The van der Waals surface area contributed by atoms with Gasteiger partial charge in [0.1, 0.15) is 0 Å². The zero-order valence-corrected chi connectivity index (χ0v) is 15.2. The zero-order chi connectivity index (χ0) is 13.3. The van der Waals surface area contributed by atoms with E-state index in [2.05, 4.69) is 57.2 Å². The normalized spacial score (nSPS) is 12.7. The molecule has 4 heteroatoms. The van der Waals surface area contributed by atoms with E-state index < -0.39 is 8.56 Å². The first kappa shape index (κ1) is 17.9. The molecule has 17 heavy (non-hydrogen) atoms. The molecule has 0 atom stereocenters. The van der Waals surface area contributed by atoms with Gasteiger partial charge in [-0.3, -0.25) is 0 Å². The molecule has 0 amide bonds. The van der Waals surface area contributed by atoms with Crippen LogP contribution in [-0.2, 0) is 8.85 Å². The van der Waals surface area contributed by atoms with E-state index in [0.717, 1.165) is 25.3 Å². The molecule has 0 fully saturated rings. The second-order valence-corrected chi connectivity index (χ2v) is 10.2. The average molecular weight is 372 g/mol. The topological polar surface area (TPSA) is 18.5 Å². The average Bonchev–Trinajstić information content (AvgIpc) is 2.28. The summed E-state index contributed by atoms with van der Waals surface area (Å²) in [5.41, 5.74) is 0. The monoisotopic (exact) mass is 372 g/mol. The van der Waals surface area contributed by atoms with E-state index in [1.165, 1.54) is 10.8 Å². The number of rotatable bonds is 10. The minimum atomic E-state index is -1.92. The molecule has 0 bridgehead atoms. The molecular weight excluding hydrogens is 343 g/mol. The predicted molar refractivity (Wildman–Crippen MR) is 86.1 cm³/mol. The van der Waals surface area contributed by atoms with Gasteiger partial charge in [0, 0.05) is 13.2 Å². The summed E-state index contributed by atoms with van der Waals surface area (Å²) in [5, 5.41) is 0. The number of hydrogen-bond donors (Lipinski definition) is 0. The van der Waals surface area contributed by atoms with Crippen molar-refractivity contribution in [3.05, 3.63) is 0 Å². The maximum absolute atomic E-state index is 6.21. The van der Waals surface area contributed by atoms with Crippen molar-refractivity contribution < 1.29 is 8.85 Å². The number of halogens is 1. The summed E-state index contributed by atoms with van der Waals surface area (Å²) in [4.78, 5) is 0. The van der Waals surface area contributed by atoms with Crippen molar-refractivity contribution in [1.82, 2.24) is 0 Å². The van der Waals surface area contributed by atoms with E-state index in [-0.39, 0.29) is 0 Å². The molecule has 0 aromatic carbocycles. The second-order valence-electron chi connectivity index (χ2n) is 5.47. The Labute approximate surface area is 122 Å². The van der Waals surface area contributed by atoms with Crippen molar-refractivity contribution in [1.29, 1.82) is 0 Å². The minimum absolute atomic E-state index is 0.593. The molecule has 0 radical (unpaired) electrons. The van der Waals surface area contributed by atoms with Crippen LogP contribution in [0, 0.1) is 11.8 Å². The largest absolute Gasteiger partial charge is 0.394 e. The van der Waals surface area contributed by atoms with Gasteiger partial charge in [0.2, 0.25) is 0 Å². The van der Waals surface area contributed by atoms with Crippen LogP contribution in [0.1, 0.15) is 41.0 Å². The maximum Gasteiger partial charge on any atom is 0.337 e. The summed E-state index contributed by atoms with van der Waals surface area (Å²) in [6.45, 7) is 12.7. The van der Waals surface area contributed by atoms with Crippen LogP contribution in [0.25, 0.3) is 0 Å². The summed E-state index contributed by atoms with van der Waals surface area (Å²) in [5.74, 6) is 1.19. The highest BCUT2D eigenvalue weighted by Gasteiger charge is 2.35. The Balaban J connectivity index is 4.38. The molecule has 0 aliphatic heterocycles. The summed E-state index contributed by atoms with van der Waals surface area (Å²) in [6.07, 6.45) is 1.22. The van der Waals surface area contributed by atoms with Gasteiger partial charge in [-0.15, -0.1) is 0 Å². The molecule has 0 N–H and O–H groups in total. The maximum atomic E-state index is 6.21. The molecule has 0 rings (SSSR count). The fourth-order valence-electron chi connectivity index (χ4n) is 1.54. The standard InChI is InChI=1S/C13H29IO2Si/c1-6-17(9-7-8-14,15-10-12(2)3)16-11-13(4)5/h12-13H,6-11H2,1-5H3. The van der Waals surface area contributed by atoms with E-state index >= 15 is 0 Å². The third kappa shape index (κ3) is 8.56. The highest BCUT2D eigenvalue weighted by molar-refractivity contribution is 14.1. The summed E-state index contributed by atoms with van der Waals surface area (Å²) >= 11 is 2.44. The Bertz CT molecular complexity index is 174. The van der Waals surface area contributed by atoms with Gasteiger partial charge in [0.05, 0.1) is 0 Å². The Hall–Kier alpha value is 0.867. The van der Waals surface area contributed by atoms with E-state index in [1.807, 2.05) is 0 Å². The van der Waals surface area contributed by atoms with Crippen LogP contribution in [0.4, 0.5) is 0 Å². The first-order valence-electron chi connectivity index (χ1n) is 6.79. The first-order chi connectivity index (χ1) is 7.95. The lowest BCUT2D eigenvalue weighted by Crippen LogP contribution is -2.43. The van der Waals surface area contributed by atoms with Gasteiger partial charge >= 0.3 is 8.56 Å². The Kier molecular flexibility index (Phi) is 10.2. The van der Waals surface area contributed by atoms with Crippen LogP contribution < -0.4 is 0 Å². The van der Waals surface area contributed by atoms with Crippen LogP contribution in [0.5, 0.6) is 0 Å². The summed E-state index contributed by atoms with van der Waals surface area (Å²) in [6, 6.07) is 2.22. The van der Waals surface area contributed by atoms with E-state index in [4.69, 9.17) is 8.85 Å². The molecule has 0 aliphatic rings. The van der Waals surface area contributed by atoms with Crippen LogP contribution >= 0.6 is 22.6 Å². The second kappa shape index (κ2) is 9.75. The molecule has 0 saturated carbocycles. The molecule has 0 aromatic heterocycles. The van der Waals surface area contributed by atoms with Crippen molar-refractivity contribution in [3.8, 4) is 0 Å². The Morgan fingerprint density at radius 1 is 1.00 bits per heavy atom. The Morgan fingerprint density at radius 2 is 1.47 bits per heavy atom. The van der Waals surface area contributed by atoms with Crippen molar-refractivity contribution in [2.75, 3.05) is 17.6 Å². The zero-order valence-electron chi connectivity index (χ0n) is 12.1. The van der Waals surface area contributed by atoms with Crippen molar-refractivity contribution in [2.24, 2.45) is 11.8 Å². The van der Waals surface area contributed by atoms with Gasteiger partial charge in [-0.25, -0.2) is 0 Å².